The van der Waals surface area contributed by atoms with Crippen LogP contribution < -0.4 is 10.1 Å². The average Bonchev–Trinajstić information content (AvgIpc) is 2.62. The lowest BCUT2D eigenvalue weighted by Gasteiger charge is -2.28. The highest BCUT2D eigenvalue weighted by atomic mass is 32.2. The van der Waals surface area contributed by atoms with Crippen LogP contribution >= 0.6 is 0 Å². The number of benzene rings is 1. The molecule has 1 aliphatic rings. The Morgan fingerprint density at radius 1 is 1.27 bits per heavy atom. The third-order valence-electron chi connectivity index (χ3n) is 4.38. The molecule has 7 nitrogen and oxygen atoms in total. The van der Waals surface area contributed by atoms with Crippen molar-refractivity contribution in [2.75, 3.05) is 58.4 Å². The molecule has 26 heavy (non-hydrogen) atoms. The summed E-state index contributed by atoms with van der Waals surface area (Å²) in [4.78, 5) is 8.57. The Bertz CT molecular complexity index is 675. The molecule has 1 saturated heterocycles. The predicted molar refractivity (Wildman–Crippen MR) is 106 cm³/mol. The third-order valence-corrected chi connectivity index (χ3v) is 5.98. The number of guanidine groups is 1. The van der Waals surface area contributed by atoms with Crippen LogP contribution in [0.15, 0.2) is 29.3 Å². The molecule has 0 aliphatic carbocycles. The molecular formula is C18H30N4O3S. The second kappa shape index (κ2) is 9.78. The van der Waals surface area contributed by atoms with Crippen molar-refractivity contribution in [1.82, 2.24) is 15.1 Å². The maximum Gasteiger partial charge on any atom is 0.193 e. The first-order valence-corrected chi connectivity index (χ1v) is 10.8. The standard InChI is InChI=1S/C18H30N4O3S/c1-4-25-17-7-5-16(6-8-17)15-21(3)18(19-2)20-9-10-22-11-13-26(23,24)14-12-22/h5-8H,4,9-15H2,1-3H3,(H,19,20). The van der Waals surface area contributed by atoms with Crippen LogP contribution in [-0.4, -0.2) is 82.6 Å². The maximum atomic E-state index is 11.5. The number of hydrogen-bond donors (Lipinski definition) is 1. The van der Waals surface area contributed by atoms with Gasteiger partial charge in [-0.25, -0.2) is 8.42 Å². The first kappa shape index (κ1) is 20.5. The van der Waals surface area contributed by atoms with Crippen LogP contribution in [0.4, 0.5) is 0 Å². The Morgan fingerprint density at radius 3 is 2.50 bits per heavy atom. The molecule has 1 N–H and O–H groups in total. The molecule has 1 aromatic rings. The van der Waals surface area contributed by atoms with Gasteiger partial charge in [-0.15, -0.1) is 0 Å². The lowest BCUT2D eigenvalue weighted by Crippen LogP contribution is -2.46. The van der Waals surface area contributed by atoms with E-state index >= 15 is 0 Å². The fraction of sp³-hybridized carbons (Fsp3) is 0.611. The van der Waals surface area contributed by atoms with Gasteiger partial charge in [0.25, 0.3) is 0 Å². The molecule has 146 valence electrons. The summed E-state index contributed by atoms with van der Waals surface area (Å²) in [6.45, 7) is 6.16. The first-order chi connectivity index (χ1) is 12.4. The number of nitrogens with zero attached hydrogens (tertiary/aromatic N) is 3. The van der Waals surface area contributed by atoms with Gasteiger partial charge in [-0.1, -0.05) is 12.1 Å². The van der Waals surface area contributed by atoms with E-state index in [1.807, 2.05) is 26.1 Å². The van der Waals surface area contributed by atoms with E-state index in [4.69, 9.17) is 4.74 Å². The maximum absolute atomic E-state index is 11.5. The van der Waals surface area contributed by atoms with Crippen molar-refractivity contribution in [2.45, 2.75) is 13.5 Å². The molecule has 0 bridgehead atoms. The Kier molecular flexibility index (Phi) is 7.71. The van der Waals surface area contributed by atoms with Gasteiger partial charge in [-0.05, 0) is 24.6 Å². The quantitative estimate of drug-likeness (QED) is 0.556. The smallest absolute Gasteiger partial charge is 0.193 e. The molecule has 0 aromatic heterocycles. The topological polar surface area (TPSA) is 74.2 Å². The van der Waals surface area contributed by atoms with E-state index in [1.165, 1.54) is 5.56 Å². The van der Waals surface area contributed by atoms with Crippen LogP contribution in [-0.2, 0) is 16.4 Å². The van der Waals surface area contributed by atoms with Crippen LogP contribution in [0.3, 0.4) is 0 Å². The molecule has 0 atom stereocenters. The van der Waals surface area contributed by atoms with Gasteiger partial charge in [0, 0.05) is 46.8 Å². The van der Waals surface area contributed by atoms with E-state index in [0.29, 0.717) is 19.7 Å². The van der Waals surface area contributed by atoms with Crippen molar-refractivity contribution < 1.29 is 13.2 Å². The Balaban J connectivity index is 1.76. The Hall–Kier alpha value is -1.80. The van der Waals surface area contributed by atoms with Gasteiger partial charge in [0.15, 0.2) is 15.8 Å². The summed E-state index contributed by atoms with van der Waals surface area (Å²) in [5.41, 5.74) is 1.18. The molecule has 1 aliphatic heterocycles. The zero-order valence-electron chi connectivity index (χ0n) is 15.9. The summed E-state index contributed by atoms with van der Waals surface area (Å²) < 4.78 is 28.4. The summed E-state index contributed by atoms with van der Waals surface area (Å²) in [5.74, 6) is 2.23. The number of sulfone groups is 1. The molecule has 1 heterocycles. The SMILES string of the molecule is CCOc1ccc(CN(C)C(=NC)NCCN2CCS(=O)(=O)CC2)cc1. The van der Waals surface area contributed by atoms with Crippen LogP contribution in [0.25, 0.3) is 0 Å². The van der Waals surface area contributed by atoms with E-state index in [-0.39, 0.29) is 11.5 Å². The van der Waals surface area contributed by atoms with Crippen molar-refractivity contribution in [3.05, 3.63) is 29.8 Å². The van der Waals surface area contributed by atoms with Crippen LogP contribution in [0.5, 0.6) is 5.75 Å². The number of aliphatic imine (C=N–C) groups is 1. The van der Waals surface area contributed by atoms with Gasteiger partial charge in [-0.2, -0.15) is 0 Å². The van der Waals surface area contributed by atoms with Crippen molar-refractivity contribution in [3.8, 4) is 5.75 Å². The highest BCUT2D eigenvalue weighted by molar-refractivity contribution is 7.91. The number of hydrogen-bond acceptors (Lipinski definition) is 5. The van der Waals surface area contributed by atoms with E-state index < -0.39 is 9.84 Å². The van der Waals surface area contributed by atoms with Crippen molar-refractivity contribution in [1.29, 1.82) is 0 Å². The van der Waals surface area contributed by atoms with Gasteiger partial charge in [0.1, 0.15) is 5.75 Å². The summed E-state index contributed by atoms with van der Waals surface area (Å²) in [6.07, 6.45) is 0. The minimum absolute atomic E-state index is 0.263. The van der Waals surface area contributed by atoms with Crippen molar-refractivity contribution in [3.63, 3.8) is 0 Å². The van der Waals surface area contributed by atoms with Gasteiger partial charge in [0.05, 0.1) is 18.1 Å². The molecule has 0 radical (unpaired) electrons. The minimum Gasteiger partial charge on any atom is -0.494 e. The Morgan fingerprint density at radius 2 is 1.92 bits per heavy atom. The summed E-state index contributed by atoms with van der Waals surface area (Å²) >= 11 is 0. The highest BCUT2D eigenvalue weighted by Crippen LogP contribution is 2.13. The monoisotopic (exact) mass is 382 g/mol. The van der Waals surface area contributed by atoms with Crippen LogP contribution in [0.1, 0.15) is 12.5 Å². The molecule has 2 rings (SSSR count). The van der Waals surface area contributed by atoms with E-state index in [9.17, 15) is 8.42 Å². The van der Waals surface area contributed by atoms with Gasteiger partial charge < -0.3 is 15.0 Å². The summed E-state index contributed by atoms with van der Waals surface area (Å²) in [6, 6.07) is 8.08. The van der Waals surface area contributed by atoms with Crippen molar-refractivity contribution in [2.24, 2.45) is 4.99 Å². The molecule has 0 unspecified atom stereocenters. The summed E-state index contributed by atoms with van der Waals surface area (Å²) in [7, 11) is 0.948. The molecular weight excluding hydrogens is 352 g/mol. The number of rotatable bonds is 7. The lowest BCUT2D eigenvalue weighted by atomic mass is 10.2. The fourth-order valence-electron chi connectivity index (χ4n) is 2.89. The van der Waals surface area contributed by atoms with E-state index in [1.54, 1.807) is 7.05 Å². The van der Waals surface area contributed by atoms with E-state index in [2.05, 4.69) is 32.2 Å². The minimum atomic E-state index is -2.82. The predicted octanol–water partition coefficient (Wildman–Crippen LogP) is 0.823. The molecule has 1 fully saturated rings. The van der Waals surface area contributed by atoms with Crippen molar-refractivity contribution >= 4 is 15.8 Å². The largest absolute Gasteiger partial charge is 0.494 e. The fourth-order valence-corrected chi connectivity index (χ4v) is 4.17. The lowest BCUT2D eigenvalue weighted by molar-refractivity contribution is 0.298. The average molecular weight is 383 g/mol. The van der Waals surface area contributed by atoms with Gasteiger partial charge in [-0.3, -0.25) is 9.89 Å². The second-order valence-corrected chi connectivity index (χ2v) is 8.70. The normalized spacial score (nSPS) is 17.7. The third kappa shape index (κ3) is 6.49. The zero-order chi connectivity index (χ0) is 19.0. The van der Waals surface area contributed by atoms with Crippen LogP contribution in [0, 0.1) is 0 Å². The van der Waals surface area contributed by atoms with Gasteiger partial charge >= 0.3 is 0 Å². The van der Waals surface area contributed by atoms with E-state index in [0.717, 1.165) is 31.3 Å². The molecule has 1 aromatic carbocycles. The molecule has 0 saturated carbocycles. The number of ether oxygens (including phenoxy) is 1. The molecule has 0 amide bonds. The van der Waals surface area contributed by atoms with Crippen LogP contribution in [0.2, 0.25) is 0 Å². The second-order valence-electron chi connectivity index (χ2n) is 6.40. The zero-order valence-corrected chi connectivity index (χ0v) is 16.8. The number of nitrogens with one attached hydrogen (secondary N) is 1. The van der Waals surface area contributed by atoms with Gasteiger partial charge in [0.2, 0.25) is 0 Å². The first-order valence-electron chi connectivity index (χ1n) is 9.00. The molecule has 0 spiro atoms. The molecule has 8 heteroatoms. The Labute approximate surface area is 157 Å². The highest BCUT2D eigenvalue weighted by Gasteiger charge is 2.21. The summed E-state index contributed by atoms with van der Waals surface area (Å²) in [5, 5.41) is 3.35.